The molecule has 0 saturated heterocycles. The average molecular weight is 316 g/mol. The number of benzene rings is 2. The summed E-state index contributed by atoms with van der Waals surface area (Å²) in [5, 5.41) is 20.9. The molecular weight excluding hydrogens is 306 g/mol. The number of anilines is 1. The molecule has 0 unspecified atom stereocenters. The molecule has 2 aromatic carbocycles. The number of hydrogen-bond acceptors (Lipinski definition) is 5. The van der Waals surface area contributed by atoms with E-state index in [-0.39, 0.29) is 11.6 Å². The number of rotatable bonds is 2. The number of amides is 1. The minimum atomic E-state index is -0.826. The van der Waals surface area contributed by atoms with Crippen molar-refractivity contribution in [3.63, 3.8) is 0 Å². The Balaban J connectivity index is 1.83. The number of halogens is 1. The molecule has 3 rings (SSSR count). The Hall–Kier alpha value is -2.86. The van der Waals surface area contributed by atoms with Crippen LogP contribution in [0, 0.1) is 0 Å². The fraction of sp³-hybridized carbons (Fsp3) is 0. The monoisotopic (exact) mass is 315 g/mol. The van der Waals surface area contributed by atoms with Crippen molar-refractivity contribution < 1.29 is 14.6 Å². The van der Waals surface area contributed by atoms with Crippen molar-refractivity contribution in [2.45, 2.75) is 0 Å². The second-order valence-electron chi connectivity index (χ2n) is 4.37. The summed E-state index contributed by atoms with van der Waals surface area (Å²) < 4.78 is 4.98. The molecule has 6 nitrogen and oxygen atoms in total. The molecule has 0 bridgehead atoms. The van der Waals surface area contributed by atoms with Crippen LogP contribution in [0.1, 0.15) is 0 Å². The van der Waals surface area contributed by atoms with Gasteiger partial charge in [0.1, 0.15) is 0 Å². The highest BCUT2D eigenvalue weighted by Gasteiger charge is 2.15. The first-order valence-corrected chi connectivity index (χ1v) is 6.70. The Labute approximate surface area is 130 Å². The zero-order valence-electron chi connectivity index (χ0n) is 11.2. The number of aromatic hydroxyl groups is 1. The van der Waals surface area contributed by atoms with E-state index in [2.05, 4.69) is 15.5 Å². The summed E-state index contributed by atoms with van der Waals surface area (Å²) in [6.45, 7) is 0. The van der Waals surface area contributed by atoms with Gasteiger partial charge in [0.05, 0.1) is 16.2 Å². The van der Waals surface area contributed by atoms with Gasteiger partial charge in [0, 0.05) is 5.39 Å². The van der Waals surface area contributed by atoms with Crippen LogP contribution in [-0.2, 0) is 0 Å². The van der Waals surface area contributed by atoms with Crippen LogP contribution < -0.4 is 10.1 Å². The second kappa shape index (κ2) is 5.87. The van der Waals surface area contributed by atoms with Crippen LogP contribution in [0.5, 0.6) is 11.6 Å². The van der Waals surface area contributed by atoms with Gasteiger partial charge in [-0.05, 0) is 24.3 Å². The van der Waals surface area contributed by atoms with E-state index in [1.165, 1.54) is 0 Å². The SMILES string of the molecule is O=C(Nc1ccccc1Cl)Oc1nnc2ccccc2c1O. The molecule has 110 valence electrons. The first-order valence-electron chi connectivity index (χ1n) is 6.33. The molecule has 22 heavy (non-hydrogen) atoms. The van der Waals surface area contributed by atoms with Gasteiger partial charge in [0.15, 0.2) is 5.75 Å². The van der Waals surface area contributed by atoms with Crippen LogP contribution in [0.2, 0.25) is 5.02 Å². The van der Waals surface area contributed by atoms with Gasteiger partial charge in [-0.1, -0.05) is 35.9 Å². The van der Waals surface area contributed by atoms with E-state index in [4.69, 9.17) is 16.3 Å². The Morgan fingerprint density at radius 3 is 2.64 bits per heavy atom. The van der Waals surface area contributed by atoms with Gasteiger partial charge in [-0.2, -0.15) is 0 Å². The minimum Gasteiger partial charge on any atom is -0.503 e. The lowest BCUT2D eigenvalue weighted by Gasteiger charge is -2.08. The number of aromatic nitrogens is 2. The van der Waals surface area contributed by atoms with Crippen LogP contribution in [-0.4, -0.2) is 21.4 Å². The van der Waals surface area contributed by atoms with Crippen molar-refractivity contribution in [1.29, 1.82) is 0 Å². The van der Waals surface area contributed by atoms with Crippen molar-refractivity contribution in [2.24, 2.45) is 0 Å². The molecule has 1 amide bonds. The van der Waals surface area contributed by atoms with E-state index in [1.54, 1.807) is 48.5 Å². The van der Waals surface area contributed by atoms with Gasteiger partial charge >= 0.3 is 6.09 Å². The molecule has 0 spiro atoms. The quantitative estimate of drug-likeness (QED) is 0.754. The lowest BCUT2D eigenvalue weighted by atomic mass is 10.2. The van der Waals surface area contributed by atoms with E-state index in [0.29, 0.717) is 21.6 Å². The molecule has 0 fully saturated rings. The van der Waals surface area contributed by atoms with Gasteiger partial charge < -0.3 is 9.84 Å². The smallest absolute Gasteiger partial charge is 0.418 e. The van der Waals surface area contributed by atoms with E-state index < -0.39 is 6.09 Å². The molecule has 3 aromatic rings. The summed E-state index contributed by atoms with van der Waals surface area (Å²) in [5.41, 5.74) is 0.890. The zero-order valence-corrected chi connectivity index (χ0v) is 11.9. The average Bonchev–Trinajstić information content (AvgIpc) is 2.53. The molecule has 0 radical (unpaired) electrons. The van der Waals surface area contributed by atoms with Gasteiger partial charge in [0.25, 0.3) is 5.88 Å². The predicted molar refractivity (Wildman–Crippen MR) is 82.3 cm³/mol. The number of hydrogen-bond donors (Lipinski definition) is 2. The maximum Gasteiger partial charge on any atom is 0.418 e. The first kappa shape index (κ1) is 14.1. The maximum absolute atomic E-state index is 11.9. The topological polar surface area (TPSA) is 84.3 Å². The van der Waals surface area contributed by atoms with Crippen LogP contribution in [0.3, 0.4) is 0 Å². The number of nitrogens with one attached hydrogen (secondary N) is 1. The number of carbonyl (C=O) groups excluding carboxylic acids is 1. The Morgan fingerprint density at radius 2 is 1.82 bits per heavy atom. The van der Waals surface area contributed by atoms with Crippen molar-refractivity contribution in [2.75, 3.05) is 5.32 Å². The molecular formula is C15H10ClN3O3. The molecule has 1 heterocycles. The lowest BCUT2D eigenvalue weighted by molar-refractivity contribution is 0.210. The third-order valence-corrected chi connectivity index (χ3v) is 3.24. The standard InChI is InChI=1S/C15H10ClN3O3/c16-10-6-2-4-8-12(10)17-15(21)22-14-13(20)9-5-1-3-7-11(9)18-19-14/h1-8H,(H,17,21)(H,18,20). The first-order chi connectivity index (χ1) is 10.6. The van der Waals surface area contributed by atoms with E-state index in [9.17, 15) is 9.90 Å². The van der Waals surface area contributed by atoms with Crippen LogP contribution in [0.4, 0.5) is 10.5 Å². The summed E-state index contributed by atoms with van der Waals surface area (Å²) in [4.78, 5) is 11.9. The fourth-order valence-corrected chi connectivity index (χ4v) is 2.06. The zero-order chi connectivity index (χ0) is 15.5. The molecule has 1 aromatic heterocycles. The number of nitrogens with zero attached hydrogens (tertiary/aromatic N) is 2. The Morgan fingerprint density at radius 1 is 1.09 bits per heavy atom. The largest absolute Gasteiger partial charge is 0.503 e. The molecule has 7 heteroatoms. The van der Waals surface area contributed by atoms with Crippen molar-refractivity contribution in [3.8, 4) is 11.6 Å². The van der Waals surface area contributed by atoms with Crippen molar-refractivity contribution in [1.82, 2.24) is 10.2 Å². The van der Waals surface area contributed by atoms with Crippen molar-refractivity contribution >= 4 is 34.3 Å². The molecule has 0 aliphatic carbocycles. The number of ether oxygens (including phenoxy) is 1. The van der Waals surface area contributed by atoms with Gasteiger partial charge in [0.2, 0.25) is 0 Å². The molecule has 0 atom stereocenters. The molecule has 0 saturated carbocycles. The summed E-state index contributed by atoms with van der Waals surface area (Å²) >= 11 is 5.93. The number of fused-ring (bicyclic) bond motifs is 1. The van der Waals surface area contributed by atoms with Crippen LogP contribution in [0.25, 0.3) is 10.9 Å². The molecule has 2 N–H and O–H groups in total. The highest BCUT2D eigenvalue weighted by molar-refractivity contribution is 6.33. The van der Waals surface area contributed by atoms with Gasteiger partial charge in [-0.3, -0.25) is 5.32 Å². The van der Waals surface area contributed by atoms with Crippen LogP contribution in [0.15, 0.2) is 48.5 Å². The van der Waals surface area contributed by atoms with Crippen LogP contribution >= 0.6 is 11.6 Å². The normalized spacial score (nSPS) is 10.4. The minimum absolute atomic E-state index is 0.250. The third-order valence-electron chi connectivity index (χ3n) is 2.91. The summed E-state index contributed by atoms with van der Waals surface area (Å²) in [6.07, 6.45) is -0.826. The van der Waals surface area contributed by atoms with Gasteiger partial charge in [-0.25, -0.2) is 4.79 Å². The maximum atomic E-state index is 11.9. The lowest BCUT2D eigenvalue weighted by Crippen LogP contribution is -2.17. The summed E-state index contributed by atoms with van der Waals surface area (Å²) in [6, 6.07) is 13.5. The highest BCUT2D eigenvalue weighted by atomic mass is 35.5. The van der Waals surface area contributed by atoms with E-state index in [1.807, 2.05) is 0 Å². The van der Waals surface area contributed by atoms with E-state index >= 15 is 0 Å². The summed E-state index contributed by atoms with van der Waals surface area (Å²) in [5.74, 6) is -0.525. The number of carbonyl (C=O) groups is 1. The highest BCUT2D eigenvalue weighted by Crippen LogP contribution is 2.30. The predicted octanol–water partition coefficient (Wildman–Crippen LogP) is 3.60. The molecule has 0 aliphatic rings. The van der Waals surface area contributed by atoms with Gasteiger partial charge in [-0.15, -0.1) is 10.2 Å². The molecule has 0 aliphatic heterocycles. The second-order valence-corrected chi connectivity index (χ2v) is 4.77. The summed E-state index contributed by atoms with van der Waals surface area (Å²) in [7, 11) is 0. The van der Waals surface area contributed by atoms with Crippen molar-refractivity contribution in [3.05, 3.63) is 53.6 Å². The number of para-hydroxylation sites is 1. The fourth-order valence-electron chi connectivity index (χ4n) is 1.88. The van der Waals surface area contributed by atoms with E-state index in [0.717, 1.165) is 0 Å². The Kier molecular flexibility index (Phi) is 3.76. The third kappa shape index (κ3) is 2.77. The Bertz CT molecular complexity index is 854.